The summed E-state index contributed by atoms with van der Waals surface area (Å²) in [5, 5.41) is 0.669. The minimum absolute atomic E-state index is 0.0615. The molecule has 0 saturated carbocycles. The molecule has 154 valence electrons. The van der Waals surface area contributed by atoms with Crippen molar-refractivity contribution in [1.82, 2.24) is 4.90 Å². The molecule has 1 amide bonds. The molecule has 2 aromatic rings. The van der Waals surface area contributed by atoms with Crippen LogP contribution in [0.2, 0.25) is 5.02 Å². The van der Waals surface area contributed by atoms with Gasteiger partial charge in [0.1, 0.15) is 11.6 Å². The molecule has 1 fully saturated rings. The quantitative estimate of drug-likeness (QED) is 0.664. The maximum Gasteiger partial charge on any atom is 0.220 e. The van der Waals surface area contributed by atoms with Crippen molar-refractivity contribution < 1.29 is 14.3 Å². The van der Waals surface area contributed by atoms with Gasteiger partial charge < -0.3 is 20.1 Å². The monoisotopic (exact) mass is 432 g/mol. The van der Waals surface area contributed by atoms with E-state index in [1.165, 1.54) is 0 Å². The zero-order valence-corrected chi connectivity index (χ0v) is 18.0. The minimum atomic E-state index is -0.228. The Morgan fingerprint density at radius 3 is 2.55 bits per heavy atom. The third-order valence-electron chi connectivity index (χ3n) is 5.02. The van der Waals surface area contributed by atoms with Crippen molar-refractivity contribution in [2.24, 2.45) is 11.7 Å². The lowest BCUT2D eigenvalue weighted by atomic mass is 9.96. The number of rotatable bonds is 7. The molecule has 0 bridgehead atoms. The van der Waals surface area contributed by atoms with Gasteiger partial charge in [-0.1, -0.05) is 42.0 Å². The fraction of sp³-hybridized carbons (Fsp3) is 0.364. The molecule has 0 atom stereocenters. The van der Waals surface area contributed by atoms with Gasteiger partial charge in [-0.3, -0.25) is 4.79 Å². The number of carbonyl (C=O) groups excluding carboxylic acids is 1. The van der Waals surface area contributed by atoms with Gasteiger partial charge in [-0.25, -0.2) is 0 Å². The Hall–Kier alpha value is -2.31. The lowest BCUT2D eigenvalue weighted by Crippen LogP contribution is -2.41. The van der Waals surface area contributed by atoms with E-state index in [1.54, 1.807) is 0 Å². The second-order valence-electron chi connectivity index (χ2n) is 6.94. The summed E-state index contributed by atoms with van der Waals surface area (Å²) in [4.78, 5) is 14.2. The molecule has 29 heavy (non-hydrogen) atoms. The summed E-state index contributed by atoms with van der Waals surface area (Å²) in [6, 6.07) is 13.3. The molecule has 1 aliphatic heterocycles. The van der Waals surface area contributed by atoms with Gasteiger partial charge in [0.15, 0.2) is 11.5 Å². The molecule has 5 nitrogen and oxygen atoms in total. The first-order valence-electron chi connectivity index (χ1n) is 9.71. The van der Waals surface area contributed by atoms with Crippen molar-refractivity contribution in [2.45, 2.75) is 26.4 Å². The van der Waals surface area contributed by atoms with Crippen LogP contribution < -0.4 is 15.2 Å². The molecule has 2 aromatic carbocycles. The fourth-order valence-electron chi connectivity index (χ4n) is 3.35. The van der Waals surface area contributed by atoms with Crippen LogP contribution in [0.1, 0.15) is 30.9 Å². The highest BCUT2D eigenvalue weighted by Gasteiger charge is 2.25. The van der Waals surface area contributed by atoms with E-state index in [1.807, 2.05) is 49.4 Å². The van der Waals surface area contributed by atoms with Crippen LogP contribution in [0.25, 0.3) is 0 Å². The number of benzene rings is 2. The highest BCUT2D eigenvalue weighted by Crippen LogP contribution is 2.31. The number of hydrogen-bond donors (Lipinski definition) is 1. The van der Waals surface area contributed by atoms with Crippen LogP contribution in [0.3, 0.4) is 0 Å². The molecular weight excluding hydrogens is 408 g/mol. The van der Waals surface area contributed by atoms with E-state index < -0.39 is 0 Å². The number of likely N-dealkylation sites (tertiary alicyclic amines) is 1. The Labute approximate surface area is 181 Å². The second kappa shape index (κ2) is 9.94. The van der Waals surface area contributed by atoms with Crippen LogP contribution in [-0.2, 0) is 11.4 Å². The first kappa shape index (κ1) is 21.4. The maximum absolute atomic E-state index is 11.4. The van der Waals surface area contributed by atoms with Crippen LogP contribution in [-0.4, -0.2) is 35.5 Å². The van der Waals surface area contributed by atoms with Crippen molar-refractivity contribution in [2.75, 3.05) is 19.7 Å². The SMILES string of the molecule is CCOc1cc(C(=S)N2CCC(C(N)=O)CC2)ccc1OCc1ccccc1Cl. The Kier molecular flexibility index (Phi) is 7.34. The zero-order valence-electron chi connectivity index (χ0n) is 16.4. The predicted octanol–water partition coefficient (Wildman–Crippen LogP) is 4.19. The maximum atomic E-state index is 11.4. The smallest absolute Gasteiger partial charge is 0.220 e. The molecule has 3 rings (SSSR count). The average Bonchev–Trinajstić information content (AvgIpc) is 2.73. The number of ether oxygens (including phenoxy) is 2. The van der Waals surface area contributed by atoms with Gasteiger partial charge in [-0.15, -0.1) is 0 Å². The highest BCUT2D eigenvalue weighted by molar-refractivity contribution is 7.80. The summed E-state index contributed by atoms with van der Waals surface area (Å²) in [5.74, 6) is 1.00. The van der Waals surface area contributed by atoms with Gasteiger partial charge in [0.25, 0.3) is 0 Å². The number of primary amides is 1. The van der Waals surface area contributed by atoms with Crippen LogP contribution in [0.5, 0.6) is 11.5 Å². The Bertz CT molecular complexity index is 882. The summed E-state index contributed by atoms with van der Waals surface area (Å²) in [5.41, 5.74) is 7.23. The first-order valence-corrected chi connectivity index (χ1v) is 10.5. The number of thiocarbonyl (C=S) groups is 1. The van der Waals surface area contributed by atoms with Crippen molar-refractivity contribution in [3.63, 3.8) is 0 Å². The number of piperidine rings is 1. The lowest BCUT2D eigenvalue weighted by molar-refractivity contribution is -0.122. The third-order valence-corrected chi connectivity index (χ3v) is 5.88. The van der Waals surface area contributed by atoms with Crippen LogP contribution in [0, 0.1) is 5.92 Å². The first-order chi connectivity index (χ1) is 14.0. The average molecular weight is 433 g/mol. The molecule has 0 unspecified atom stereocenters. The summed E-state index contributed by atoms with van der Waals surface area (Å²) in [6.07, 6.45) is 1.46. The van der Waals surface area contributed by atoms with Gasteiger partial charge >= 0.3 is 0 Å². The van der Waals surface area contributed by atoms with E-state index in [9.17, 15) is 4.79 Å². The summed E-state index contributed by atoms with van der Waals surface area (Å²) in [7, 11) is 0. The van der Waals surface area contributed by atoms with E-state index in [0.717, 1.165) is 42.0 Å². The normalized spacial score (nSPS) is 14.5. The van der Waals surface area contributed by atoms with Crippen LogP contribution in [0.15, 0.2) is 42.5 Å². The van der Waals surface area contributed by atoms with Gasteiger partial charge in [-0.05, 0) is 44.0 Å². The Balaban J connectivity index is 1.71. The predicted molar refractivity (Wildman–Crippen MR) is 119 cm³/mol. The number of hydrogen-bond acceptors (Lipinski definition) is 4. The standard InChI is InChI=1S/C22H25ClN2O3S/c1-2-27-20-13-16(22(29)25-11-9-15(10-12-25)21(24)26)7-8-19(20)28-14-17-5-3-4-6-18(17)23/h3-8,13,15H,2,9-12,14H2,1H3,(H2,24,26). The van der Waals surface area contributed by atoms with Crippen molar-refractivity contribution >= 4 is 34.7 Å². The van der Waals surface area contributed by atoms with E-state index in [-0.39, 0.29) is 11.8 Å². The second-order valence-corrected chi connectivity index (χ2v) is 7.74. The molecular formula is C22H25ClN2O3S. The van der Waals surface area contributed by atoms with Crippen LogP contribution >= 0.6 is 23.8 Å². The number of amides is 1. The summed E-state index contributed by atoms with van der Waals surface area (Å²) < 4.78 is 11.7. The molecule has 2 N–H and O–H groups in total. The number of halogens is 1. The van der Waals surface area contributed by atoms with Crippen LogP contribution in [0.4, 0.5) is 0 Å². The zero-order chi connectivity index (χ0) is 20.8. The van der Waals surface area contributed by atoms with Crippen molar-refractivity contribution in [3.05, 3.63) is 58.6 Å². The highest BCUT2D eigenvalue weighted by atomic mass is 35.5. The number of carbonyl (C=O) groups is 1. The van der Waals surface area contributed by atoms with Gasteiger partial charge in [0.05, 0.1) is 6.61 Å². The van der Waals surface area contributed by atoms with Gasteiger partial charge in [-0.2, -0.15) is 0 Å². The van der Waals surface area contributed by atoms with E-state index in [2.05, 4.69) is 4.90 Å². The topological polar surface area (TPSA) is 64.8 Å². The van der Waals surface area contributed by atoms with E-state index >= 15 is 0 Å². The molecule has 1 heterocycles. The Morgan fingerprint density at radius 2 is 1.90 bits per heavy atom. The molecule has 0 aromatic heterocycles. The molecule has 0 spiro atoms. The van der Waals surface area contributed by atoms with Crippen molar-refractivity contribution in [3.8, 4) is 11.5 Å². The third kappa shape index (κ3) is 5.40. The largest absolute Gasteiger partial charge is 0.490 e. The number of nitrogens with zero attached hydrogens (tertiary/aromatic N) is 1. The fourth-order valence-corrected chi connectivity index (χ4v) is 3.85. The summed E-state index contributed by atoms with van der Waals surface area (Å²) >= 11 is 11.9. The van der Waals surface area contributed by atoms with Gasteiger partial charge in [0.2, 0.25) is 5.91 Å². The minimum Gasteiger partial charge on any atom is -0.490 e. The molecule has 1 saturated heterocycles. The van der Waals surface area contributed by atoms with Gasteiger partial charge in [0, 0.05) is 35.2 Å². The lowest BCUT2D eigenvalue weighted by Gasteiger charge is -2.32. The van der Waals surface area contributed by atoms with E-state index in [4.69, 9.17) is 39.0 Å². The summed E-state index contributed by atoms with van der Waals surface area (Å²) in [6.45, 7) is 4.24. The molecule has 0 radical (unpaired) electrons. The number of nitrogens with two attached hydrogens (primary N) is 1. The van der Waals surface area contributed by atoms with E-state index in [0.29, 0.717) is 29.7 Å². The Morgan fingerprint density at radius 1 is 1.17 bits per heavy atom. The molecule has 7 heteroatoms. The molecule has 0 aliphatic carbocycles. The molecule has 1 aliphatic rings. The van der Waals surface area contributed by atoms with Crippen molar-refractivity contribution in [1.29, 1.82) is 0 Å².